The first kappa shape index (κ1) is 21.3. The van der Waals surface area contributed by atoms with Gasteiger partial charge >= 0.3 is 0 Å². The molecule has 0 aromatic heterocycles. The SMILES string of the molecule is C=CCOc1ccc(/C(O)=C2\C(=O)C(=O)N(CCCO)C2c2ccccc2F)cc1. The quantitative estimate of drug-likeness (QED) is 0.302. The molecule has 0 aliphatic carbocycles. The number of benzene rings is 2. The topological polar surface area (TPSA) is 87.1 Å². The van der Waals surface area contributed by atoms with Gasteiger partial charge in [-0.3, -0.25) is 9.59 Å². The average molecular weight is 411 g/mol. The van der Waals surface area contributed by atoms with Crippen LogP contribution in [-0.2, 0) is 9.59 Å². The lowest BCUT2D eigenvalue weighted by Crippen LogP contribution is -2.31. The third kappa shape index (κ3) is 4.11. The zero-order valence-corrected chi connectivity index (χ0v) is 16.3. The lowest BCUT2D eigenvalue weighted by molar-refractivity contribution is -0.140. The third-order valence-corrected chi connectivity index (χ3v) is 4.79. The number of aliphatic hydroxyl groups excluding tert-OH is 2. The van der Waals surface area contributed by atoms with Crippen LogP contribution in [0.4, 0.5) is 4.39 Å². The molecule has 2 aromatic carbocycles. The van der Waals surface area contributed by atoms with Gasteiger partial charge in [0.25, 0.3) is 11.7 Å². The molecule has 0 bridgehead atoms. The molecule has 0 saturated carbocycles. The highest BCUT2D eigenvalue weighted by molar-refractivity contribution is 6.46. The Hall–Kier alpha value is -3.45. The smallest absolute Gasteiger partial charge is 0.295 e. The lowest BCUT2D eigenvalue weighted by atomic mass is 9.95. The fourth-order valence-corrected chi connectivity index (χ4v) is 3.39. The number of amides is 1. The average Bonchev–Trinajstić information content (AvgIpc) is 3.01. The summed E-state index contributed by atoms with van der Waals surface area (Å²) in [5.41, 5.74) is 0.201. The van der Waals surface area contributed by atoms with Gasteiger partial charge in [-0.25, -0.2) is 4.39 Å². The van der Waals surface area contributed by atoms with Crippen LogP contribution >= 0.6 is 0 Å². The molecule has 1 amide bonds. The first-order chi connectivity index (χ1) is 14.5. The van der Waals surface area contributed by atoms with Crippen LogP contribution in [0.5, 0.6) is 5.75 Å². The number of rotatable bonds is 8. The summed E-state index contributed by atoms with van der Waals surface area (Å²) in [5.74, 6) is -2.20. The van der Waals surface area contributed by atoms with E-state index in [1.807, 2.05) is 0 Å². The highest BCUT2D eigenvalue weighted by Crippen LogP contribution is 2.40. The maximum atomic E-state index is 14.6. The molecule has 3 rings (SSSR count). The van der Waals surface area contributed by atoms with Crippen molar-refractivity contribution in [2.45, 2.75) is 12.5 Å². The number of likely N-dealkylation sites (tertiary alicyclic amines) is 1. The molecule has 30 heavy (non-hydrogen) atoms. The monoisotopic (exact) mass is 411 g/mol. The Morgan fingerprint density at radius 1 is 1.17 bits per heavy atom. The standard InChI is InChI=1S/C23H22FNO5/c1-2-14-30-16-10-8-15(9-11-16)21(27)19-20(17-6-3-4-7-18(17)24)25(12-5-13-26)23(29)22(19)28/h2-4,6-11,20,26-27H,1,5,12-14H2/b21-19+. The largest absolute Gasteiger partial charge is 0.507 e. The number of ether oxygens (including phenoxy) is 1. The molecular weight excluding hydrogens is 389 g/mol. The summed E-state index contributed by atoms with van der Waals surface area (Å²) in [4.78, 5) is 26.6. The van der Waals surface area contributed by atoms with Crippen molar-refractivity contribution in [3.63, 3.8) is 0 Å². The lowest BCUT2D eigenvalue weighted by Gasteiger charge is -2.25. The number of carbonyl (C=O) groups excluding carboxylic acids is 2. The molecule has 1 aliphatic heterocycles. The van der Waals surface area contributed by atoms with E-state index in [1.54, 1.807) is 36.4 Å². The Balaban J connectivity index is 2.08. The molecule has 1 saturated heterocycles. The Bertz CT molecular complexity index is 983. The van der Waals surface area contributed by atoms with E-state index >= 15 is 0 Å². The van der Waals surface area contributed by atoms with Crippen LogP contribution in [0.3, 0.4) is 0 Å². The summed E-state index contributed by atoms with van der Waals surface area (Å²) in [6.45, 7) is 3.73. The van der Waals surface area contributed by atoms with Crippen LogP contribution in [0.15, 0.2) is 66.8 Å². The summed E-state index contributed by atoms with van der Waals surface area (Å²) in [7, 11) is 0. The molecule has 1 unspecified atom stereocenters. The number of Topliss-reactive ketones (excluding diaryl/α,β-unsaturated/α-hetero) is 1. The van der Waals surface area contributed by atoms with Crippen LogP contribution in [0.2, 0.25) is 0 Å². The minimum atomic E-state index is -1.09. The molecule has 2 N–H and O–H groups in total. The molecule has 0 spiro atoms. The number of ketones is 1. The number of hydrogen-bond acceptors (Lipinski definition) is 5. The summed E-state index contributed by atoms with van der Waals surface area (Å²) >= 11 is 0. The van der Waals surface area contributed by atoms with Gasteiger partial charge in [0.05, 0.1) is 11.6 Å². The van der Waals surface area contributed by atoms with Crippen molar-refractivity contribution in [1.82, 2.24) is 4.90 Å². The number of aliphatic hydroxyl groups is 2. The van der Waals surface area contributed by atoms with E-state index in [2.05, 4.69) is 6.58 Å². The Morgan fingerprint density at radius 2 is 1.87 bits per heavy atom. The van der Waals surface area contributed by atoms with Gasteiger partial charge in [0, 0.05) is 24.3 Å². The maximum Gasteiger partial charge on any atom is 0.295 e. The van der Waals surface area contributed by atoms with Crippen LogP contribution in [0.25, 0.3) is 5.76 Å². The van der Waals surface area contributed by atoms with Crippen molar-refractivity contribution >= 4 is 17.4 Å². The van der Waals surface area contributed by atoms with Gasteiger partial charge in [0.15, 0.2) is 0 Å². The third-order valence-electron chi connectivity index (χ3n) is 4.79. The predicted molar refractivity (Wildman–Crippen MR) is 109 cm³/mol. The van der Waals surface area contributed by atoms with Crippen molar-refractivity contribution < 1.29 is 28.9 Å². The molecule has 7 heteroatoms. The van der Waals surface area contributed by atoms with Crippen molar-refractivity contribution in [3.05, 3.63) is 83.7 Å². The van der Waals surface area contributed by atoms with Gasteiger partial charge in [-0.1, -0.05) is 30.9 Å². The fourth-order valence-electron chi connectivity index (χ4n) is 3.39. The van der Waals surface area contributed by atoms with Crippen LogP contribution in [-0.4, -0.2) is 46.6 Å². The van der Waals surface area contributed by atoms with Crippen molar-refractivity contribution in [3.8, 4) is 5.75 Å². The van der Waals surface area contributed by atoms with Gasteiger partial charge in [0.2, 0.25) is 0 Å². The van der Waals surface area contributed by atoms with E-state index in [4.69, 9.17) is 9.84 Å². The van der Waals surface area contributed by atoms with Gasteiger partial charge < -0.3 is 19.8 Å². The highest BCUT2D eigenvalue weighted by Gasteiger charge is 2.46. The summed E-state index contributed by atoms with van der Waals surface area (Å²) in [5, 5.41) is 20.0. The van der Waals surface area contributed by atoms with Gasteiger partial charge in [-0.2, -0.15) is 0 Å². The molecule has 0 radical (unpaired) electrons. The molecule has 156 valence electrons. The maximum absolute atomic E-state index is 14.6. The molecule has 1 heterocycles. The summed E-state index contributed by atoms with van der Waals surface area (Å²) in [6, 6.07) is 11.0. The van der Waals surface area contributed by atoms with Crippen molar-refractivity contribution in [1.29, 1.82) is 0 Å². The number of hydrogen-bond donors (Lipinski definition) is 2. The Morgan fingerprint density at radius 3 is 2.50 bits per heavy atom. The molecular formula is C23H22FNO5. The number of halogens is 1. The normalized spacial score (nSPS) is 17.9. The van der Waals surface area contributed by atoms with Crippen LogP contribution in [0.1, 0.15) is 23.6 Å². The summed E-state index contributed by atoms with van der Waals surface area (Å²) in [6.07, 6.45) is 1.81. The van der Waals surface area contributed by atoms with Gasteiger partial charge in [-0.05, 0) is 36.8 Å². The minimum Gasteiger partial charge on any atom is -0.507 e. The second-order valence-corrected chi connectivity index (χ2v) is 6.72. The molecule has 1 aliphatic rings. The number of nitrogens with zero attached hydrogens (tertiary/aromatic N) is 1. The molecule has 6 nitrogen and oxygen atoms in total. The first-order valence-electron chi connectivity index (χ1n) is 9.47. The highest BCUT2D eigenvalue weighted by atomic mass is 19.1. The van der Waals surface area contributed by atoms with E-state index in [0.29, 0.717) is 17.9 Å². The van der Waals surface area contributed by atoms with Crippen LogP contribution in [0, 0.1) is 5.82 Å². The first-order valence-corrected chi connectivity index (χ1v) is 9.47. The van der Waals surface area contributed by atoms with E-state index in [9.17, 15) is 19.1 Å². The molecule has 1 atom stereocenters. The Labute approximate surface area is 173 Å². The van der Waals surface area contributed by atoms with Crippen LogP contribution < -0.4 is 4.74 Å². The zero-order valence-electron chi connectivity index (χ0n) is 16.3. The van der Waals surface area contributed by atoms with Gasteiger partial charge in [-0.15, -0.1) is 0 Å². The predicted octanol–water partition coefficient (Wildman–Crippen LogP) is 3.19. The second kappa shape index (κ2) is 9.37. The van der Waals surface area contributed by atoms with E-state index < -0.39 is 29.3 Å². The second-order valence-electron chi connectivity index (χ2n) is 6.72. The summed E-state index contributed by atoms with van der Waals surface area (Å²) < 4.78 is 20.0. The fraction of sp³-hybridized carbons (Fsp3) is 0.217. The van der Waals surface area contributed by atoms with E-state index in [0.717, 1.165) is 0 Å². The van der Waals surface area contributed by atoms with E-state index in [1.165, 1.54) is 23.1 Å². The van der Waals surface area contributed by atoms with Crippen molar-refractivity contribution in [2.75, 3.05) is 19.8 Å². The van der Waals surface area contributed by atoms with Crippen molar-refractivity contribution in [2.24, 2.45) is 0 Å². The molecule has 1 fully saturated rings. The Kier molecular flexibility index (Phi) is 6.64. The van der Waals surface area contributed by atoms with Gasteiger partial charge in [0.1, 0.15) is 23.9 Å². The number of carbonyl (C=O) groups is 2. The zero-order chi connectivity index (χ0) is 21.7. The van der Waals surface area contributed by atoms with E-state index in [-0.39, 0.29) is 30.7 Å². The minimum absolute atomic E-state index is 0.0468. The molecule has 2 aromatic rings.